The van der Waals surface area contributed by atoms with Crippen LogP contribution in [-0.4, -0.2) is 51.9 Å². The standard InChI is InChI=1S/C21H25FN4O5S/c1-15(2)24-21(28)14-31-19-10-4-16(5-11-19)12-23-25-20(27)13-26(32(3,29)30)18-8-6-17(22)7-9-18/h4-12,15H,13-14H2,1-3H3,(H,24,28)(H,25,27)/b23-12-. The van der Waals surface area contributed by atoms with Crippen molar-refractivity contribution in [2.75, 3.05) is 23.7 Å². The number of amides is 2. The molecule has 9 nitrogen and oxygen atoms in total. The first-order valence-corrected chi connectivity index (χ1v) is 11.5. The summed E-state index contributed by atoms with van der Waals surface area (Å²) < 4.78 is 43.3. The van der Waals surface area contributed by atoms with E-state index in [1.807, 2.05) is 13.8 Å². The van der Waals surface area contributed by atoms with Gasteiger partial charge in [0.1, 0.15) is 18.1 Å². The molecule has 2 amide bonds. The van der Waals surface area contributed by atoms with Crippen molar-refractivity contribution < 1.29 is 27.1 Å². The molecule has 2 N–H and O–H groups in total. The van der Waals surface area contributed by atoms with Crippen LogP contribution in [0.5, 0.6) is 5.75 Å². The largest absolute Gasteiger partial charge is 0.484 e. The monoisotopic (exact) mass is 464 g/mol. The molecule has 0 fully saturated rings. The molecule has 0 aromatic heterocycles. The Balaban J connectivity index is 1.90. The highest BCUT2D eigenvalue weighted by Gasteiger charge is 2.20. The Kier molecular flexibility index (Phi) is 8.71. The highest BCUT2D eigenvalue weighted by atomic mass is 32.2. The zero-order valence-corrected chi connectivity index (χ0v) is 18.7. The Morgan fingerprint density at radius 2 is 1.72 bits per heavy atom. The molecule has 0 saturated heterocycles. The SMILES string of the molecule is CC(C)NC(=O)COc1ccc(/C=N\NC(=O)CN(c2ccc(F)cc2)S(C)(=O)=O)cc1. The zero-order valence-electron chi connectivity index (χ0n) is 17.9. The van der Waals surface area contributed by atoms with Gasteiger partial charge in [-0.25, -0.2) is 18.2 Å². The van der Waals surface area contributed by atoms with Gasteiger partial charge >= 0.3 is 0 Å². The van der Waals surface area contributed by atoms with Crippen LogP contribution >= 0.6 is 0 Å². The predicted octanol–water partition coefficient (Wildman–Crippen LogP) is 1.65. The number of hydrazone groups is 1. The molecule has 0 heterocycles. The Bertz CT molecular complexity index is 1050. The van der Waals surface area contributed by atoms with Gasteiger partial charge in [-0.05, 0) is 67.9 Å². The zero-order chi connectivity index (χ0) is 23.7. The maximum absolute atomic E-state index is 13.1. The van der Waals surface area contributed by atoms with E-state index in [1.54, 1.807) is 24.3 Å². The normalized spacial score (nSPS) is 11.4. The first-order valence-electron chi connectivity index (χ1n) is 9.62. The highest BCUT2D eigenvalue weighted by Crippen LogP contribution is 2.17. The van der Waals surface area contributed by atoms with Gasteiger partial charge in [0, 0.05) is 6.04 Å². The first kappa shape index (κ1) is 24.8. The third kappa shape index (κ3) is 8.34. The molecule has 2 aromatic rings. The summed E-state index contributed by atoms with van der Waals surface area (Å²) >= 11 is 0. The molecule has 32 heavy (non-hydrogen) atoms. The topological polar surface area (TPSA) is 117 Å². The molecule has 0 spiro atoms. The molecule has 0 saturated carbocycles. The average molecular weight is 465 g/mol. The van der Waals surface area contributed by atoms with Gasteiger partial charge in [0.25, 0.3) is 11.8 Å². The average Bonchev–Trinajstić information content (AvgIpc) is 2.71. The van der Waals surface area contributed by atoms with Crippen molar-refractivity contribution in [3.63, 3.8) is 0 Å². The fourth-order valence-electron chi connectivity index (χ4n) is 2.51. The summed E-state index contributed by atoms with van der Waals surface area (Å²) in [7, 11) is -3.77. The Hall–Kier alpha value is -3.47. The summed E-state index contributed by atoms with van der Waals surface area (Å²) in [6, 6.07) is 11.4. The van der Waals surface area contributed by atoms with Crippen LogP contribution in [0.4, 0.5) is 10.1 Å². The van der Waals surface area contributed by atoms with Gasteiger partial charge in [-0.1, -0.05) is 0 Å². The summed E-state index contributed by atoms with van der Waals surface area (Å²) in [5.74, 6) is -0.927. The third-order valence-electron chi connectivity index (χ3n) is 3.90. The van der Waals surface area contributed by atoms with E-state index >= 15 is 0 Å². The number of sulfonamides is 1. The van der Waals surface area contributed by atoms with E-state index in [9.17, 15) is 22.4 Å². The lowest BCUT2D eigenvalue weighted by Gasteiger charge is -2.21. The van der Waals surface area contributed by atoms with Gasteiger partial charge in [-0.2, -0.15) is 5.10 Å². The summed E-state index contributed by atoms with van der Waals surface area (Å²) in [4.78, 5) is 23.7. The second-order valence-corrected chi connectivity index (χ2v) is 9.03. The molecule has 0 unspecified atom stereocenters. The summed E-state index contributed by atoms with van der Waals surface area (Å²) in [5, 5.41) is 6.53. The van der Waals surface area contributed by atoms with Crippen molar-refractivity contribution in [1.29, 1.82) is 0 Å². The van der Waals surface area contributed by atoms with Gasteiger partial charge in [0.2, 0.25) is 10.0 Å². The molecule has 2 rings (SSSR count). The minimum absolute atomic E-state index is 0.0279. The number of carbonyl (C=O) groups excluding carboxylic acids is 2. The van der Waals surface area contributed by atoms with E-state index in [1.165, 1.54) is 18.3 Å². The van der Waals surface area contributed by atoms with Gasteiger partial charge in [-0.3, -0.25) is 13.9 Å². The van der Waals surface area contributed by atoms with E-state index in [4.69, 9.17) is 4.74 Å². The van der Waals surface area contributed by atoms with Gasteiger partial charge in [-0.15, -0.1) is 0 Å². The molecule has 11 heteroatoms. The van der Waals surface area contributed by atoms with Crippen LogP contribution in [0.25, 0.3) is 0 Å². The quantitative estimate of drug-likeness (QED) is 0.410. The smallest absolute Gasteiger partial charge is 0.260 e. The van der Waals surface area contributed by atoms with Crippen molar-refractivity contribution in [2.24, 2.45) is 5.10 Å². The number of hydrogen-bond donors (Lipinski definition) is 2. The number of rotatable bonds is 10. The fraction of sp³-hybridized carbons (Fsp3) is 0.286. The number of nitrogens with one attached hydrogen (secondary N) is 2. The number of hydrogen-bond acceptors (Lipinski definition) is 6. The highest BCUT2D eigenvalue weighted by molar-refractivity contribution is 7.92. The molecule has 2 aromatic carbocycles. The van der Waals surface area contributed by atoms with Crippen LogP contribution in [-0.2, 0) is 19.6 Å². The second kappa shape index (κ2) is 11.2. The Morgan fingerprint density at radius 3 is 2.28 bits per heavy atom. The van der Waals surface area contributed by atoms with Gasteiger partial charge < -0.3 is 10.1 Å². The Labute approximate surface area is 186 Å². The molecule has 0 atom stereocenters. The minimum Gasteiger partial charge on any atom is -0.484 e. The molecule has 0 aliphatic heterocycles. The third-order valence-corrected chi connectivity index (χ3v) is 5.05. The lowest BCUT2D eigenvalue weighted by Crippen LogP contribution is -2.39. The fourth-order valence-corrected chi connectivity index (χ4v) is 3.37. The summed E-state index contributed by atoms with van der Waals surface area (Å²) in [6.45, 7) is 3.08. The van der Waals surface area contributed by atoms with Crippen LogP contribution in [0.2, 0.25) is 0 Å². The van der Waals surface area contributed by atoms with Crippen LogP contribution in [0.1, 0.15) is 19.4 Å². The first-order chi connectivity index (χ1) is 15.0. The summed E-state index contributed by atoms with van der Waals surface area (Å²) in [5.41, 5.74) is 3.05. The van der Waals surface area contributed by atoms with E-state index in [0.717, 1.165) is 22.7 Å². The van der Waals surface area contributed by atoms with Crippen molar-refractivity contribution in [3.8, 4) is 5.75 Å². The summed E-state index contributed by atoms with van der Waals surface area (Å²) in [6.07, 6.45) is 2.32. The molecule has 172 valence electrons. The number of benzene rings is 2. The molecule has 0 radical (unpaired) electrons. The number of anilines is 1. The van der Waals surface area contributed by atoms with E-state index in [-0.39, 0.29) is 24.2 Å². The second-order valence-electron chi connectivity index (χ2n) is 7.12. The molecular formula is C21H25FN4O5S. The minimum atomic E-state index is -3.77. The molecular weight excluding hydrogens is 439 g/mol. The van der Waals surface area contributed by atoms with Gasteiger partial charge in [0.05, 0.1) is 18.2 Å². The van der Waals surface area contributed by atoms with Crippen LogP contribution in [0.15, 0.2) is 53.6 Å². The van der Waals surface area contributed by atoms with Crippen molar-refractivity contribution in [1.82, 2.24) is 10.7 Å². The van der Waals surface area contributed by atoms with Crippen LogP contribution in [0.3, 0.4) is 0 Å². The molecule has 0 bridgehead atoms. The predicted molar refractivity (Wildman–Crippen MR) is 120 cm³/mol. The number of ether oxygens (including phenoxy) is 1. The van der Waals surface area contributed by atoms with E-state index in [2.05, 4.69) is 15.8 Å². The molecule has 0 aliphatic carbocycles. The number of nitrogens with zero attached hydrogens (tertiary/aromatic N) is 2. The number of carbonyl (C=O) groups is 2. The number of halogens is 1. The lowest BCUT2D eigenvalue weighted by atomic mass is 10.2. The van der Waals surface area contributed by atoms with Crippen molar-refractivity contribution in [3.05, 3.63) is 59.9 Å². The van der Waals surface area contributed by atoms with E-state index in [0.29, 0.717) is 11.3 Å². The van der Waals surface area contributed by atoms with Gasteiger partial charge in [0.15, 0.2) is 6.61 Å². The van der Waals surface area contributed by atoms with Crippen molar-refractivity contribution in [2.45, 2.75) is 19.9 Å². The van der Waals surface area contributed by atoms with Crippen LogP contribution < -0.4 is 19.8 Å². The van der Waals surface area contributed by atoms with E-state index < -0.39 is 28.3 Å². The van der Waals surface area contributed by atoms with Crippen LogP contribution in [0, 0.1) is 5.82 Å². The maximum atomic E-state index is 13.1. The maximum Gasteiger partial charge on any atom is 0.260 e. The molecule has 0 aliphatic rings. The van der Waals surface area contributed by atoms with Crippen molar-refractivity contribution >= 4 is 33.7 Å². The lowest BCUT2D eigenvalue weighted by molar-refractivity contribution is -0.123. The Morgan fingerprint density at radius 1 is 1.09 bits per heavy atom.